The largest absolute Gasteiger partial charge is 0.497 e. The molecule has 1 aromatic heterocycles. The van der Waals surface area contributed by atoms with Crippen molar-refractivity contribution in [1.82, 2.24) is 14.9 Å². The first-order valence-corrected chi connectivity index (χ1v) is 6.92. The van der Waals surface area contributed by atoms with Crippen LogP contribution in [0, 0.1) is 0 Å². The van der Waals surface area contributed by atoms with Gasteiger partial charge in [0.05, 0.1) is 18.1 Å². The molecule has 3 rings (SSSR count). The van der Waals surface area contributed by atoms with Crippen LogP contribution in [0.3, 0.4) is 0 Å². The summed E-state index contributed by atoms with van der Waals surface area (Å²) in [7, 11) is 3.81. The Morgan fingerprint density at radius 2 is 2.32 bits per heavy atom. The average molecular weight is 259 g/mol. The van der Waals surface area contributed by atoms with Crippen LogP contribution in [0.5, 0.6) is 5.75 Å². The van der Waals surface area contributed by atoms with Crippen molar-refractivity contribution in [3.63, 3.8) is 0 Å². The first-order chi connectivity index (χ1) is 9.20. The standard InChI is InChI=1S/C15H21N3O/c1-4-15(7-8-16-10-15)14-17-12-9-11(19-3)5-6-13(12)18(14)2/h5-6,9,16H,4,7-8,10H2,1-3H3. The van der Waals surface area contributed by atoms with E-state index < -0.39 is 0 Å². The van der Waals surface area contributed by atoms with E-state index in [9.17, 15) is 0 Å². The van der Waals surface area contributed by atoms with Crippen molar-refractivity contribution < 1.29 is 4.74 Å². The van der Waals surface area contributed by atoms with Crippen LogP contribution in [0.15, 0.2) is 18.2 Å². The molecule has 1 aromatic carbocycles. The van der Waals surface area contributed by atoms with E-state index in [-0.39, 0.29) is 5.41 Å². The Bertz CT molecular complexity index is 597. The third-order valence-corrected chi connectivity index (χ3v) is 4.48. The van der Waals surface area contributed by atoms with Crippen LogP contribution >= 0.6 is 0 Å². The van der Waals surface area contributed by atoms with Gasteiger partial charge in [-0.25, -0.2) is 4.98 Å². The van der Waals surface area contributed by atoms with E-state index in [0.717, 1.165) is 37.2 Å². The fourth-order valence-electron chi connectivity index (χ4n) is 3.18. The molecular weight excluding hydrogens is 238 g/mol. The van der Waals surface area contributed by atoms with Gasteiger partial charge in [0.25, 0.3) is 0 Å². The summed E-state index contributed by atoms with van der Waals surface area (Å²) in [5, 5.41) is 3.48. The first-order valence-electron chi connectivity index (χ1n) is 6.92. The van der Waals surface area contributed by atoms with Crippen LogP contribution in [0.4, 0.5) is 0 Å². The Morgan fingerprint density at radius 3 is 2.95 bits per heavy atom. The molecule has 1 unspecified atom stereocenters. The topological polar surface area (TPSA) is 39.1 Å². The average Bonchev–Trinajstić information content (AvgIpc) is 3.04. The van der Waals surface area contributed by atoms with Crippen LogP contribution in [-0.4, -0.2) is 29.8 Å². The maximum atomic E-state index is 5.29. The Labute approximate surface area is 113 Å². The molecule has 4 heteroatoms. The van der Waals surface area contributed by atoms with E-state index >= 15 is 0 Å². The number of aromatic nitrogens is 2. The molecule has 4 nitrogen and oxygen atoms in total. The number of ether oxygens (including phenoxy) is 1. The summed E-state index contributed by atoms with van der Waals surface area (Å²) in [6.45, 7) is 4.37. The molecule has 1 N–H and O–H groups in total. The second-order valence-electron chi connectivity index (χ2n) is 5.41. The lowest BCUT2D eigenvalue weighted by Crippen LogP contribution is -2.31. The second-order valence-corrected chi connectivity index (χ2v) is 5.41. The molecule has 2 heterocycles. The number of hydrogen-bond acceptors (Lipinski definition) is 3. The van der Waals surface area contributed by atoms with Crippen molar-refractivity contribution in [1.29, 1.82) is 0 Å². The quantitative estimate of drug-likeness (QED) is 0.918. The third kappa shape index (κ3) is 1.82. The molecule has 1 aliphatic rings. The minimum atomic E-state index is 0.182. The zero-order valence-corrected chi connectivity index (χ0v) is 11.9. The van der Waals surface area contributed by atoms with Gasteiger partial charge >= 0.3 is 0 Å². The molecule has 0 spiro atoms. The van der Waals surface area contributed by atoms with E-state index in [0.29, 0.717) is 0 Å². The number of methoxy groups -OCH3 is 1. The van der Waals surface area contributed by atoms with Crippen LogP contribution in [0.1, 0.15) is 25.6 Å². The van der Waals surface area contributed by atoms with Gasteiger partial charge < -0.3 is 14.6 Å². The number of hydrogen-bond donors (Lipinski definition) is 1. The zero-order chi connectivity index (χ0) is 13.5. The molecular formula is C15H21N3O. The van der Waals surface area contributed by atoms with E-state index in [1.165, 1.54) is 11.3 Å². The van der Waals surface area contributed by atoms with Crippen molar-refractivity contribution in [2.45, 2.75) is 25.2 Å². The van der Waals surface area contributed by atoms with Gasteiger partial charge in [-0.3, -0.25) is 0 Å². The summed E-state index contributed by atoms with van der Waals surface area (Å²) in [4.78, 5) is 4.89. The highest BCUT2D eigenvalue weighted by Crippen LogP contribution is 2.35. The SMILES string of the molecule is CCC1(c2nc3cc(OC)ccc3n2C)CCNC1. The predicted octanol–water partition coefficient (Wildman–Crippen LogP) is 2.22. The first kappa shape index (κ1) is 12.5. The molecule has 1 fully saturated rings. The molecule has 0 radical (unpaired) electrons. The zero-order valence-electron chi connectivity index (χ0n) is 11.9. The Kier molecular flexibility index (Phi) is 2.97. The highest BCUT2D eigenvalue weighted by Gasteiger charge is 2.37. The summed E-state index contributed by atoms with van der Waals surface area (Å²) in [6.07, 6.45) is 2.28. The molecule has 0 amide bonds. The monoisotopic (exact) mass is 259 g/mol. The summed E-state index contributed by atoms with van der Waals surface area (Å²) in [5.74, 6) is 2.07. The number of rotatable bonds is 3. The van der Waals surface area contributed by atoms with Crippen molar-refractivity contribution in [2.75, 3.05) is 20.2 Å². The van der Waals surface area contributed by atoms with Crippen molar-refractivity contribution in [3.05, 3.63) is 24.0 Å². The van der Waals surface area contributed by atoms with Gasteiger partial charge in [0.15, 0.2) is 0 Å². The van der Waals surface area contributed by atoms with Crippen LogP contribution in [-0.2, 0) is 12.5 Å². The molecule has 102 valence electrons. The number of imidazole rings is 1. The number of benzene rings is 1. The lowest BCUT2D eigenvalue weighted by Gasteiger charge is -2.25. The number of fused-ring (bicyclic) bond motifs is 1. The minimum absolute atomic E-state index is 0.182. The summed E-state index contributed by atoms with van der Waals surface area (Å²) in [5.41, 5.74) is 2.38. The van der Waals surface area contributed by atoms with Crippen LogP contribution in [0.2, 0.25) is 0 Å². The normalized spacial score (nSPS) is 23.1. The number of nitrogens with one attached hydrogen (secondary N) is 1. The maximum absolute atomic E-state index is 5.29. The van der Waals surface area contributed by atoms with E-state index in [1.54, 1.807) is 7.11 Å². The van der Waals surface area contributed by atoms with Gasteiger partial charge in [-0.15, -0.1) is 0 Å². The van der Waals surface area contributed by atoms with Gasteiger partial charge in [-0.05, 0) is 31.5 Å². The molecule has 0 aliphatic carbocycles. The molecule has 1 atom stereocenters. The van der Waals surface area contributed by atoms with Gasteiger partial charge in [0.1, 0.15) is 11.6 Å². The molecule has 0 bridgehead atoms. The summed E-state index contributed by atoms with van der Waals surface area (Å²) >= 11 is 0. The Morgan fingerprint density at radius 1 is 1.47 bits per heavy atom. The molecule has 19 heavy (non-hydrogen) atoms. The smallest absolute Gasteiger partial charge is 0.121 e. The molecule has 0 saturated carbocycles. The van der Waals surface area contributed by atoms with Crippen molar-refractivity contribution in [3.8, 4) is 5.75 Å². The lowest BCUT2D eigenvalue weighted by molar-refractivity contribution is 0.414. The Hall–Kier alpha value is -1.55. The number of nitrogens with zero attached hydrogens (tertiary/aromatic N) is 2. The lowest BCUT2D eigenvalue weighted by atomic mass is 9.83. The van der Waals surface area contributed by atoms with Gasteiger partial charge in [0.2, 0.25) is 0 Å². The van der Waals surface area contributed by atoms with Gasteiger partial charge in [-0.1, -0.05) is 6.92 Å². The van der Waals surface area contributed by atoms with E-state index in [4.69, 9.17) is 9.72 Å². The predicted molar refractivity (Wildman–Crippen MR) is 76.7 cm³/mol. The summed E-state index contributed by atoms with van der Waals surface area (Å²) < 4.78 is 7.53. The molecule has 1 saturated heterocycles. The van der Waals surface area contributed by atoms with Crippen LogP contribution in [0.25, 0.3) is 11.0 Å². The minimum Gasteiger partial charge on any atom is -0.497 e. The van der Waals surface area contributed by atoms with Crippen molar-refractivity contribution >= 4 is 11.0 Å². The fourth-order valence-corrected chi connectivity index (χ4v) is 3.18. The van der Waals surface area contributed by atoms with Crippen molar-refractivity contribution in [2.24, 2.45) is 7.05 Å². The summed E-state index contributed by atoms with van der Waals surface area (Å²) in [6, 6.07) is 6.11. The highest BCUT2D eigenvalue weighted by molar-refractivity contribution is 5.78. The van der Waals surface area contributed by atoms with Crippen LogP contribution < -0.4 is 10.1 Å². The highest BCUT2D eigenvalue weighted by atomic mass is 16.5. The second kappa shape index (κ2) is 4.53. The maximum Gasteiger partial charge on any atom is 0.121 e. The molecule has 2 aromatic rings. The molecule has 1 aliphatic heterocycles. The number of aryl methyl sites for hydroxylation is 1. The van der Waals surface area contributed by atoms with Gasteiger partial charge in [-0.2, -0.15) is 0 Å². The van der Waals surface area contributed by atoms with E-state index in [2.05, 4.69) is 29.9 Å². The fraction of sp³-hybridized carbons (Fsp3) is 0.533. The third-order valence-electron chi connectivity index (χ3n) is 4.48. The van der Waals surface area contributed by atoms with Gasteiger partial charge in [0, 0.05) is 25.1 Å². The van der Waals surface area contributed by atoms with E-state index in [1.807, 2.05) is 12.1 Å². The Balaban J connectivity index is 2.16.